The van der Waals surface area contributed by atoms with Gasteiger partial charge in [0.05, 0.1) is 10.5 Å². The standard InChI is InChI=1S/C16H11Cl2NO2/c1-9-6-11-7-15(20)13(18)8-14(11)19(9)16(21)10-2-4-12(17)5-3-10/h2-8,20H,1H3. The molecule has 0 saturated heterocycles. The van der Waals surface area contributed by atoms with Crippen LogP contribution in [0.5, 0.6) is 5.75 Å². The molecule has 3 nitrogen and oxygen atoms in total. The number of halogens is 2. The minimum Gasteiger partial charge on any atom is -0.506 e. The molecule has 0 aliphatic heterocycles. The fraction of sp³-hybridized carbons (Fsp3) is 0.0625. The molecule has 3 aromatic rings. The van der Waals surface area contributed by atoms with Crippen molar-refractivity contribution in [1.29, 1.82) is 0 Å². The summed E-state index contributed by atoms with van der Waals surface area (Å²) in [4.78, 5) is 12.7. The van der Waals surface area contributed by atoms with Crippen molar-refractivity contribution in [3.05, 3.63) is 63.8 Å². The molecule has 1 heterocycles. The molecule has 5 heteroatoms. The highest BCUT2D eigenvalue weighted by molar-refractivity contribution is 6.33. The van der Waals surface area contributed by atoms with Crippen LogP contribution in [0.4, 0.5) is 0 Å². The lowest BCUT2D eigenvalue weighted by molar-refractivity contribution is 0.0963. The summed E-state index contributed by atoms with van der Waals surface area (Å²) in [5.41, 5.74) is 1.96. The average Bonchev–Trinajstić information content (AvgIpc) is 2.75. The zero-order chi connectivity index (χ0) is 15.1. The van der Waals surface area contributed by atoms with E-state index < -0.39 is 0 Å². The smallest absolute Gasteiger partial charge is 0.262 e. The molecule has 1 N–H and O–H groups in total. The average molecular weight is 320 g/mol. The highest BCUT2D eigenvalue weighted by atomic mass is 35.5. The molecule has 0 radical (unpaired) electrons. The lowest BCUT2D eigenvalue weighted by atomic mass is 10.2. The van der Waals surface area contributed by atoms with Crippen molar-refractivity contribution in [2.45, 2.75) is 6.92 Å². The molecule has 3 rings (SSSR count). The Morgan fingerprint density at radius 3 is 2.43 bits per heavy atom. The molecule has 0 unspecified atom stereocenters. The van der Waals surface area contributed by atoms with Crippen molar-refractivity contribution >= 4 is 40.0 Å². The van der Waals surface area contributed by atoms with E-state index in [4.69, 9.17) is 23.2 Å². The van der Waals surface area contributed by atoms with Crippen LogP contribution in [0.3, 0.4) is 0 Å². The van der Waals surface area contributed by atoms with Crippen LogP contribution in [0.25, 0.3) is 10.9 Å². The minimum atomic E-state index is -0.166. The van der Waals surface area contributed by atoms with Gasteiger partial charge in [0.25, 0.3) is 5.91 Å². The van der Waals surface area contributed by atoms with E-state index >= 15 is 0 Å². The van der Waals surface area contributed by atoms with Gasteiger partial charge in [-0.25, -0.2) is 0 Å². The van der Waals surface area contributed by atoms with Crippen molar-refractivity contribution in [2.75, 3.05) is 0 Å². The largest absolute Gasteiger partial charge is 0.506 e. The number of phenolic OH excluding ortho intramolecular Hbond substituents is 1. The third-order valence-corrected chi connectivity index (χ3v) is 3.90. The third kappa shape index (κ3) is 2.39. The number of carbonyl (C=O) groups is 1. The molecule has 21 heavy (non-hydrogen) atoms. The number of rotatable bonds is 1. The monoisotopic (exact) mass is 319 g/mol. The maximum atomic E-state index is 12.7. The molecule has 0 amide bonds. The third-order valence-electron chi connectivity index (χ3n) is 3.35. The first kappa shape index (κ1) is 14.0. The second-order valence-electron chi connectivity index (χ2n) is 4.80. The van der Waals surface area contributed by atoms with Crippen LogP contribution in [-0.4, -0.2) is 15.6 Å². The van der Waals surface area contributed by atoms with E-state index in [0.29, 0.717) is 16.1 Å². The zero-order valence-electron chi connectivity index (χ0n) is 11.1. The molecule has 0 spiro atoms. The van der Waals surface area contributed by atoms with Crippen molar-refractivity contribution in [1.82, 2.24) is 4.57 Å². The van der Waals surface area contributed by atoms with E-state index in [1.54, 1.807) is 41.0 Å². The number of aromatic nitrogens is 1. The number of carbonyl (C=O) groups excluding carboxylic acids is 1. The van der Waals surface area contributed by atoms with Gasteiger partial charge >= 0.3 is 0 Å². The van der Waals surface area contributed by atoms with Gasteiger partial charge in [0.15, 0.2) is 0 Å². The normalized spacial score (nSPS) is 11.0. The summed E-state index contributed by atoms with van der Waals surface area (Å²) in [5.74, 6) is -0.166. The molecule has 0 aliphatic rings. The van der Waals surface area contributed by atoms with Gasteiger partial charge < -0.3 is 5.11 Å². The van der Waals surface area contributed by atoms with Crippen LogP contribution in [0.2, 0.25) is 10.0 Å². The Bertz CT molecular complexity index is 851. The number of benzene rings is 2. The number of fused-ring (bicyclic) bond motifs is 1. The Morgan fingerprint density at radius 1 is 1.10 bits per heavy atom. The summed E-state index contributed by atoms with van der Waals surface area (Å²) in [5, 5.41) is 11.2. The molecule has 2 aromatic carbocycles. The van der Waals surface area contributed by atoms with Gasteiger partial charge in [-0.1, -0.05) is 23.2 Å². The maximum absolute atomic E-state index is 12.7. The summed E-state index contributed by atoms with van der Waals surface area (Å²) in [6.07, 6.45) is 0. The second-order valence-corrected chi connectivity index (χ2v) is 5.64. The van der Waals surface area contributed by atoms with E-state index in [9.17, 15) is 9.90 Å². The minimum absolute atomic E-state index is 0.000239. The summed E-state index contributed by atoms with van der Waals surface area (Å²) in [6, 6.07) is 11.7. The lowest BCUT2D eigenvalue weighted by Gasteiger charge is -2.07. The van der Waals surface area contributed by atoms with Gasteiger partial charge in [0.1, 0.15) is 5.75 Å². The molecule has 0 aliphatic carbocycles. The second kappa shape index (κ2) is 5.10. The van der Waals surface area contributed by atoms with E-state index in [1.165, 1.54) is 0 Å². The van der Waals surface area contributed by atoms with Crippen LogP contribution in [0.1, 0.15) is 16.1 Å². The number of phenols is 1. The van der Waals surface area contributed by atoms with Crippen molar-refractivity contribution < 1.29 is 9.90 Å². The molecule has 0 atom stereocenters. The van der Waals surface area contributed by atoms with Crippen molar-refractivity contribution in [3.8, 4) is 5.75 Å². The SMILES string of the molecule is Cc1cc2cc(O)c(Cl)cc2n1C(=O)c1ccc(Cl)cc1. The van der Waals surface area contributed by atoms with Gasteiger partial charge in [-0.3, -0.25) is 9.36 Å². The molecular formula is C16H11Cl2NO2. The number of nitrogens with zero attached hydrogens (tertiary/aromatic N) is 1. The highest BCUT2D eigenvalue weighted by Crippen LogP contribution is 2.31. The quantitative estimate of drug-likeness (QED) is 0.709. The number of hydrogen-bond donors (Lipinski definition) is 1. The Morgan fingerprint density at radius 2 is 1.76 bits per heavy atom. The summed E-state index contributed by atoms with van der Waals surface area (Å²) < 4.78 is 1.57. The first-order valence-corrected chi connectivity index (χ1v) is 7.04. The molecule has 0 fully saturated rings. The lowest BCUT2D eigenvalue weighted by Crippen LogP contribution is -2.13. The van der Waals surface area contributed by atoms with Gasteiger partial charge in [0.2, 0.25) is 0 Å². The number of aryl methyl sites for hydroxylation is 1. The van der Waals surface area contributed by atoms with Gasteiger partial charge in [-0.15, -0.1) is 0 Å². The Labute approximate surface area is 131 Å². The molecule has 1 aromatic heterocycles. The Kier molecular flexibility index (Phi) is 3.40. The number of aromatic hydroxyl groups is 1. The Balaban J connectivity index is 2.19. The van der Waals surface area contributed by atoms with E-state index in [-0.39, 0.29) is 16.7 Å². The van der Waals surface area contributed by atoms with E-state index in [1.807, 2.05) is 13.0 Å². The van der Waals surface area contributed by atoms with E-state index in [0.717, 1.165) is 11.1 Å². The zero-order valence-corrected chi connectivity index (χ0v) is 12.6. The van der Waals surface area contributed by atoms with Crippen LogP contribution in [-0.2, 0) is 0 Å². The molecule has 0 saturated carbocycles. The molecule has 106 valence electrons. The number of hydrogen-bond acceptors (Lipinski definition) is 2. The first-order chi connectivity index (χ1) is 9.97. The summed E-state index contributed by atoms with van der Waals surface area (Å²) >= 11 is 11.8. The van der Waals surface area contributed by atoms with Gasteiger partial charge in [-0.2, -0.15) is 0 Å². The van der Waals surface area contributed by atoms with E-state index in [2.05, 4.69) is 0 Å². The summed E-state index contributed by atoms with van der Waals surface area (Å²) in [7, 11) is 0. The predicted molar refractivity (Wildman–Crippen MR) is 84.5 cm³/mol. The van der Waals surface area contributed by atoms with Crippen LogP contribution >= 0.6 is 23.2 Å². The maximum Gasteiger partial charge on any atom is 0.262 e. The fourth-order valence-corrected chi connectivity index (χ4v) is 2.63. The first-order valence-electron chi connectivity index (χ1n) is 6.28. The molecule has 0 bridgehead atoms. The van der Waals surface area contributed by atoms with Crippen LogP contribution in [0.15, 0.2) is 42.5 Å². The van der Waals surface area contributed by atoms with Crippen molar-refractivity contribution in [3.63, 3.8) is 0 Å². The fourth-order valence-electron chi connectivity index (χ4n) is 2.35. The van der Waals surface area contributed by atoms with Crippen molar-refractivity contribution in [2.24, 2.45) is 0 Å². The van der Waals surface area contributed by atoms with Gasteiger partial charge in [0, 0.05) is 21.7 Å². The topological polar surface area (TPSA) is 42.2 Å². The Hall–Kier alpha value is -1.97. The van der Waals surface area contributed by atoms with Gasteiger partial charge in [-0.05, 0) is 49.4 Å². The summed E-state index contributed by atoms with van der Waals surface area (Å²) in [6.45, 7) is 1.83. The van der Waals surface area contributed by atoms with Crippen LogP contribution < -0.4 is 0 Å². The highest BCUT2D eigenvalue weighted by Gasteiger charge is 2.16. The predicted octanol–water partition coefficient (Wildman–Crippen LogP) is 4.65. The molecular weight excluding hydrogens is 309 g/mol. The van der Waals surface area contributed by atoms with Crippen LogP contribution in [0, 0.1) is 6.92 Å².